The summed E-state index contributed by atoms with van der Waals surface area (Å²) in [7, 11) is 0. The Morgan fingerprint density at radius 1 is 0.382 bits per heavy atom. The largest absolute Gasteiger partial charge is 0.309 e. The van der Waals surface area contributed by atoms with Gasteiger partial charge in [0.2, 0.25) is 0 Å². The van der Waals surface area contributed by atoms with Crippen LogP contribution in [0.25, 0.3) is 80.7 Å². The fraction of sp³-hybridized carbons (Fsp3) is 0. The molecule has 2 nitrogen and oxygen atoms in total. The molecule has 0 spiro atoms. The van der Waals surface area contributed by atoms with Gasteiger partial charge in [0, 0.05) is 43.3 Å². The predicted octanol–water partition coefficient (Wildman–Crippen LogP) is 15.1. The minimum Gasteiger partial charge on any atom is -0.309 e. The van der Waals surface area contributed by atoms with Crippen molar-refractivity contribution in [1.82, 2.24) is 4.57 Å². The molecule has 0 saturated heterocycles. The smallest absolute Gasteiger partial charge is 0.0640 e. The highest BCUT2D eigenvalue weighted by Gasteiger charge is 2.21. The lowest BCUT2D eigenvalue weighted by atomic mass is 9.94. The van der Waals surface area contributed by atoms with Gasteiger partial charge in [0.05, 0.1) is 21.4 Å². The molecule has 0 fully saturated rings. The molecular weight excluding hydrogens is 685 g/mol. The quantitative estimate of drug-likeness (QED) is 0.166. The first-order valence-electron chi connectivity index (χ1n) is 18.8. The van der Waals surface area contributed by atoms with Gasteiger partial charge in [-0.1, -0.05) is 140 Å². The highest BCUT2D eigenvalue weighted by atomic mass is 32.1. The van der Waals surface area contributed by atoms with Gasteiger partial charge in [0.15, 0.2) is 0 Å². The number of benzene rings is 9. The monoisotopic (exact) mass is 718 g/mol. The van der Waals surface area contributed by atoms with E-state index in [9.17, 15) is 0 Å². The van der Waals surface area contributed by atoms with E-state index in [0.717, 1.165) is 17.1 Å². The number of rotatable bonds is 6. The average Bonchev–Trinajstić information content (AvgIpc) is 3.79. The van der Waals surface area contributed by atoms with E-state index in [2.05, 4.69) is 216 Å². The first kappa shape index (κ1) is 31.6. The van der Waals surface area contributed by atoms with Crippen LogP contribution in [-0.4, -0.2) is 4.57 Å². The van der Waals surface area contributed by atoms with Crippen molar-refractivity contribution in [2.75, 3.05) is 4.90 Å². The maximum Gasteiger partial charge on any atom is 0.0640 e. The topological polar surface area (TPSA) is 8.17 Å². The van der Waals surface area contributed by atoms with Crippen molar-refractivity contribution in [1.29, 1.82) is 0 Å². The van der Waals surface area contributed by atoms with Crippen LogP contribution < -0.4 is 4.90 Å². The number of hydrogen-bond donors (Lipinski definition) is 0. The van der Waals surface area contributed by atoms with Gasteiger partial charge < -0.3 is 9.47 Å². The summed E-state index contributed by atoms with van der Waals surface area (Å²) in [6.07, 6.45) is 0. The molecule has 0 aliphatic heterocycles. The van der Waals surface area contributed by atoms with Gasteiger partial charge in [0.25, 0.3) is 0 Å². The van der Waals surface area contributed by atoms with Gasteiger partial charge in [-0.05, 0) is 99.8 Å². The molecule has 0 N–H and O–H groups in total. The Morgan fingerprint density at radius 2 is 0.982 bits per heavy atom. The molecule has 2 heterocycles. The molecule has 2 aromatic heterocycles. The number of hydrogen-bond acceptors (Lipinski definition) is 2. The van der Waals surface area contributed by atoms with Crippen LogP contribution in [-0.2, 0) is 0 Å². The van der Waals surface area contributed by atoms with Gasteiger partial charge in [-0.2, -0.15) is 0 Å². The van der Waals surface area contributed by atoms with Crippen molar-refractivity contribution in [2.24, 2.45) is 0 Å². The Balaban J connectivity index is 1.13. The summed E-state index contributed by atoms with van der Waals surface area (Å²) in [6, 6.07) is 75.1. The average molecular weight is 719 g/mol. The molecule has 11 rings (SSSR count). The number of nitrogens with zero attached hydrogens (tertiary/aromatic N) is 2. The van der Waals surface area contributed by atoms with E-state index in [0.29, 0.717) is 0 Å². The van der Waals surface area contributed by atoms with Crippen LogP contribution in [0, 0.1) is 0 Å². The molecule has 0 amide bonds. The number of thiophene rings is 1. The van der Waals surface area contributed by atoms with Crippen molar-refractivity contribution in [2.45, 2.75) is 0 Å². The fourth-order valence-corrected chi connectivity index (χ4v) is 9.66. The van der Waals surface area contributed by atoms with E-state index in [-0.39, 0.29) is 0 Å². The van der Waals surface area contributed by atoms with Crippen LogP contribution in [0.2, 0.25) is 0 Å². The Kier molecular flexibility index (Phi) is 7.39. The maximum absolute atomic E-state index is 2.46. The lowest BCUT2D eigenvalue weighted by Crippen LogP contribution is -2.10. The lowest BCUT2D eigenvalue weighted by molar-refractivity contribution is 1.18. The van der Waals surface area contributed by atoms with Gasteiger partial charge in [-0.25, -0.2) is 0 Å². The third-order valence-corrected chi connectivity index (χ3v) is 12.2. The zero-order valence-corrected chi connectivity index (χ0v) is 30.7. The van der Waals surface area contributed by atoms with Gasteiger partial charge in [-0.15, -0.1) is 11.3 Å². The minimum atomic E-state index is 1.11. The standard InChI is InChI=1S/C52H34N2S/c1-3-14-35(15-4-1)42-20-9-10-21-43(42)36-26-28-40(29-27-36)53(50-25-13-23-45-47-32-37-16-7-8-17-38(37)33-51(47)55-52(45)50)41-30-31-49-46(34-41)44-22-11-12-24-48(44)54(49)39-18-5-2-6-19-39/h1-34H. The Morgan fingerprint density at radius 3 is 1.76 bits per heavy atom. The lowest BCUT2D eigenvalue weighted by Gasteiger charge is -2.26. The fourth-order valence-electron chi connectivity index (χ4n) is 8.42. The molecule has 9 aromatic carbocycles. The van der Waals surface area contributed by atoms with Crippen molar-refractivity contribution in [3.63, 3.8) is 0 Å². The second-order valence-corrected chi connectivity index (χ2v) is 15.2. The van der Waals surface area contributed by atoms with Gasteiger partial charge >= 0.3 is 0 Å². The third-order valence-electron chi connectivity index (χ3n) is 11.0. The number of para-hydroxylation sites is 2. The zero-order chi connectivity index (χ0) is 36.3. The van der Waals surface area contributed by atoms with Crippen molar-refractivity contribution in [3.05, 3.63) is 206 Å². The van der Waals surface area contributed by atoms with Crippen LogP contribution in [0.1, 0.15) is 0 Å². The van der Waals surface area contributed by atoms with E-state index in [4.69, 9.17) is 0 Å². The van der Waals surface area contributed by atoms with E-state index in [1.54, 1.807) is 0 Å². The molecule has 0 bridgehead atoms. The summed E-state index contributed by atoms with van der Waals surface area (Å²) in [6.45, 7) is 0. The second-order valence-electron chi connectivity index (χ2n) is 14.1. The van der Waals surface area contributed by atoms with E-state index in [1.165, 1.54) is 80.7 Å². The van der Waals surface area contributed by atoms with Crippen molar-refractivity contribution in [3.8, 4) is 27.9 Å². The zero-order valence-electron chi connectivity index (χ0n) is 29.9. The molecular formula is C52H34N2S. The Labute approximate surface area is 323 Å². The van der Waals surface area contributed by atoms with Crippen LogP contribution in [0.15, 0.2) is 206 Å². The van der Waals surface area contributed by atoms with Crippen LogP contribution in [0.5, 0.6) is 0 Å². The summed E-state index contributed by atoms with van der Waals surface area (Å²) in [5.41, 5.74) is 11.8. The summed E-state index contributed by atoms with van der Waals surface area (Å²) < 4.78 is 4.96. The SMILES string of the molecule is c1ccc(-c2ccccc2-c2ccc(N(c3ccc4c(c3)c3ccccc3n4-c3ccccc3)c3cccc4c3sc3cc5ccccc5cc34)cc2)cc1. The first-order valence-corrected chi connectivity index (χ1v) is 19.6. The molecule has 55 heavy (non-hydrogen) atoms. The molecule has 0 unspecified atom stereocenters. The molecule has 0 aliphatic rings. The number of fused-ring (bicyclic) bond motifs is 7. The maximum atomic E-state index is 2.46. The molecule has 0 atom stereocenters. The highest BCUT2D eigenvalue weighted by Crippen LogP contribution is 2.47. The van der Waals surface area contributed by atoms with Crippen LogP contribution in [0.4, 0.5) is 17.1 Å². The van der Waals surface area contributed by atoms with E-state index < -0.39 is 0 Å². The number of anilines is 3. The highest BCUT2D eigenvalue weighted by molar-refractivity contribution is 7.26. The molecule has 0 radical (unpaired) electrons. The summed E-state index contributed by atoms with van der Waals surface area (Å²) in [5, 5.41) is 7.58. The minimum absolute atomic E-state index is 1.11. The Hall–Kier alpha value is -6.94. The normalized spacial score (nSPS) is 11.6. The third kappa shape index (κ3) is 5.24. The van der Waals surface area contributed by atoms with Crippen LogP contribution >= 0.6 is 11.3 Å². The summed E-state index contributed by atoms with van der Waals surface area (Å²) >= 11 is 1.88. The molecule has 258 valence electrons. The van der Waals surface area contributed by atoms with Crippen molar-refractivity contribution < 1.29 is 0 Å². The van der Waals surface area contributed by atoms with Gasteiger partial charge in [-0.3, -0.25) is 0 Å². The van der Waals surface area contributed by atoms with Crippen molar-refractivity contribution >= 4 is 81.1 Å². The Bertz CT molecular complexity index is 3190. The molecule has 0 aliphatic carbocycles. The molecule has 3 heteroatoms. The first-order chi connectivity index (χ1) is 27.3. The molecule has 11 aromatic rings. The summed E-state index contributed by atoms with van der Waals surface area (Å²) in [4.78, 5) is 2.46. The second kappa shape index (κ2) is 12.9. The predicted molar refractivity (Wildman–Crippen MR) is 237 cm³/mol. The van der Waals surface area contributed by atoms with E-state index in [1.807, 2.05) is 11.3 Å². The van der Waals surface area contributed by atoms with Gasteiger partial charge in [0.1, 0.15) is 0 Å². The van der Waals surface area contributed by atoms with E-state index >= 15 is 0 Å². The van der Waals surface area contributed by atoms with Crippen LogP contribution in [0.3, 0.4) is 0 Å². The number of aromatic nitrogens is 1. The summed E-state index contributed by atoms with van der Waals surface area (Å²) in [5.74, 6) is 0. The molecule has 0 saturated carbocycles.